The van der Waals surface area contributed by atoms with E-state index in [1.165, 1.54) is 5.01 Å². The summed E-state index contributed by atoms with van der Waals surface area (Å²) in [5.74, 6) is -1.14. The number of benzene rings is 1. The molecule has 0 saturated carbocycles. The molecule has 1 saturated heterocycles. The van der Waals surface area contributed by atoms with E-state index in [4.69, 9.17) is 4.74 Å². The van der Waals surface area contributed by atoms with Gasteiger partial charge in [-0.05, 0) is 25.1 Å². The van der Waals surface area contributed by atoms with E-state index >= 15 is 0 Å². The second-order valence-electron chi connectivity index (χ2n) is 6.77. The number of hydrazone groups is 1. The second kappa shape index (κ2) is 8.96. The molecular weight excluding hydrogens is 348 g/mol. The van der Waals surface area contributed by atoms with Crippen LogP contribution in [-0.2, 0) is 14.3 Å². The molecule has 2 aliphatic heterocycles. The van der Waals surface area contributed by atoms with E-state index in [0.29, 0.717) is 31.1 Å². The molecule has 27 heavy (non-hydrogen) atoms. The van der Waals surface area contributed by atoms with Crippen molar-refractivity contribution in [3.63, 3.8) is 0 Å². The fourth-order valence-electron chi connectivity index (χ4n) is 3.45. The Kier molecular flexibility index (Phi) is 6.41. The second-order valence-corrected chi connectivity index (χ2v) is 6.77. The minimum atomic E-state index is -0.980. The van der Waals surface area contributed by atoms with E-state index in [9.17, 15) is 14.7 Å². The van der Waals surface area contributed by atoms with Crippen molar-refractivity contribution >= 4 is 23.3 Å². The van der Waals surface area contributed by atoms with Gasteiger partial charge in [0.05, 0.1) is 12.3 Å². The van der Waals surface area contributed by atoms with Crippen molar-refractivity contribution in [3.8, 4) is 0 Å². The van der Waals surface area contributed by atoms with Crippen LogP contribution in [0.3, 0.4) is 0 Å². The lowest BCUT2D eigenvalue weighted by molar-refractivity contribution is -0.138. The van der Waals surface area contributed by atoms with E-state index in [1.54, 1.807) is 24.1 Å². The lowest BCUT2D eigenvalue weighted by Gasteiger charge is -2.21. The number of anilines is 1. The molecule has 1 N–H and O–H groups in total. The maximum Gasteiger partial charge on any atom is 0.328 e. The molecule has 1 fully saturated rings. The van der Waals surface area contributed by atoms with Crippen LogP contribution in [0.4, 0.5) is 5.69 Å². The van der Waals surface area contributed by atoms with Crippen LogP contribution in [0.15, 0.2) is 35.4 Å². The average Bonchev–Trinajstić information content (AvgIpc) is 3.00. The highest BCUT2D eigenvalue weighted by Crippen LogP contribution is 2.25. The number of hydrogen-bond donors (Lipinski definition) is 1. The highest BCUT2D eigenvalue weighted by Gasteiger charge is 2.37. The fourth-order valence-corrected chi connectivity index (χ4v) is 3.45. The van der Waals surface area contributed by atoms with Crippen molar-refractivity contribution in [2.45, 2.75) is 18.9 Å². The van der Waals surface area contributed by atoms with Crippen molar-refractivity contribution in [1.82, 2.24) is 9.80 Å². The molecule has 0 bridgehead atoms. The lowest BCUT2D eigenvalue weighted by Crippen LogP contribution is -2.40. The lowest BCUT2D eigenvalue weighted by atomic mass is 10.1. The Morgan fingerprint density at radius 3 is 2.67 bits per heavy atom. The summed E-state index contributed by atoms with van der Waals surface area (Å²) >= 11 is 0. The van der Waals surface area contributed by atoms with Crippen LogP contribution < -0.4 is 5.01 Å². The number of carboxylic acid groups (broad SMARTS) is 1. The molecule has 1 aromatic carbocycles. The molecule has 1 atom stereocenters. The van der Waals surface area contributed by atoms with Gasteiger partial charge in [0.15, 0.2) is 6.04 Å². The average molecular weight is 374 g/mol. The molecule has 0 aliphatic carbocycles. The number of amides is 1. The van der Waals surface area contributed by atoms with Crippen LogP contribution in [0.5, 0.6) is 0 Å². The molecular formula is C19H26N4O4. The van der Waals surface area contributed by atoms with Gasteiger partial charge in [-0.1, -0.05) is 18.2 Å². The Labute approximate surface area is 159 Å². The molecule has 2 heterocycles. The van der Waals surface area contributed by atoms with Gasteiger partial charge in [0, 0.05) is 39.7 Å². The topological polar surface area (TPSA) is 85.7 Å². The van der Waals surface area contributed by atoms with E-state index in [1.807, 2.05) is 18.2 Å². The van der Waals surface area contributed by atoms with Crippen molar-refractivity contribution in [2.24, 2.45) is 5.10 Å². The van der Waals surface area contributed by atoms with Gasteiger partial charge in [0.1, 0.15) is 5.71 Å². The first-order valence-corrected chi connectivity index (χ1v) is 9.25. The largest absolute Gasteiger partial charge is 0.480 e. The van der Waals surface area contributed by atoms with E-state index < -0.39 is 12.0 Å². The fraction of sp³-hybridized carbons (Fsp3) is 0.526. The number of hydrogen-bond acceptors (Lipinski definition) is 6. The Hall–Kier alpha value is -2.45. The number of methoxy groups -OCH3 is 1. The third-order valence-electron chi connectivity index (χ3n) is 4.95. The number of carbonyl (C=O) groups is 2. The van der Waals surface area contributed by atoms with Crippen LogP contribution in [0, 0.1) is 0 Å². The zero-order valence-electron chi connectivity index (χ0n) is 15.6. The highest BCUT2D eigenvalue weighted by atomic mass is 16.5. The maximum absolute atomic E-state index is 13.0. The van der Waals surface area contributed by atoms with Gasteiger partial charge in [-0.15, -0.1) is 0 Å². The summed E-state index contributed by atoms with van der Waals surface area (Å²) in [5, 5.41) is 15.4. The summed E-state index contributed by atoms with van der Waals surface area (Å²) < 4.78 is 5.13. The van der Waals surface area contributed by atoms with Gasteiger partial charge >= 0.3 is 5.97 Å². The van der Waals surface area contributed by atoms with Gasteiger partial charge in [-0.3, -0.25) is 14.7 Å². The summed E-state index contributed by atoms with van der Waals surface area (Å²) in [6.45, 7) is 4.50. The first kappa shape index (κ1) is 19.3. The molecule has 146 valence electrons. The highest BCUT2D eigenvalue weighted by molar-refractivity contribution is 6.40. The quantitative estimate of drug-likeness (QED) is 0.796. The molecule has 3 rings (SSSR count). The summed E-state index contributed by atoms with van der Waals surface area (Å²) in [4.78, 5) is 28.7. The molecule has 1 unspecified atom stereocenters. The predicted molar refractivity (Wildman–Crippen MR) is 102 cm³/mol. The standard InChI is InChI=1S/C19H26N4O4/c1-27-13-12-21-8-5-9-22(11-10-21)18(24)16-14-17(19(25)26)23(20-16)15-6-3-2-4-7-15/h2-4,6-7,17H,5,8-14H2,1H3,(H,25,26). The monoisotopic (exact) mass is 374 g/mol. The number of ether oxygens (including phenoxy) is 1. The summed E-state index contributed by atoms with van der Waals surface area (Å²) in [6.07, 6.45) is 1.00. The number of nitrogens with zero attached hydrogens (tertiary/aromatic N) is 4. The van der Waals surface area contributed by atoms with Gasteiger partial charge < -0.3 is 14.7 Å². The molecule has 0 radical (unpaired) electrons. The van der Waals surface area contributed by atoms with E-state index in [2.05, 4.69) is 10.0 Å². The first-order chi connectivity index (χ1) is 13.1. The Morgan fingerprint density at radius 1 is 1.19 bits per heavy atom. The van der Waals surface area contributed by atoms with Gasteiger partial charge in [-0.25, -0.2) is 4.79 Å². The summed E-state index contributed by atoms with van der Waals surface area (Å²) in [6, 6.07) is 8.26. The predicted octanol–water partition coefficient (Wildman–Crippen LogP) is 0.887. The van der Waals surface area contributed by atoms with Crippen molar-refractivity contribution in [1.29, 1.82) is 0 Å². The summed E-state index contributed by atoms with van der Waals surface area (Å²) in [5.41, 5.74) is 0.992. The Bertz CT molecular complexity index is 694. The number of para-hydroxylation sites is 1. The van der Waals surface area contributed by atoms with E-state index in [-0.39, 0.29) is 12.3 Å². The van der Waals surface area contributed by atoms with Crippen LogP contribution in [0.1, 0.15) is 12.8 Å². The minimum absolute atomic E-state index is 0.118. The van der Waals surface area contributed by atoms with Crippen LogP contribution >= 0.6 is 0 Å². The molecule has 1 aromatic rings. The van der Waals surface area contributed by atoms with Crippen molar-refractivity contribution < 1.29 is 19.4 Å². The molecule has 0 aromatic heterocycles. The van der Waals surface area contributed by atoms with Crippen molar-refractivity contribution in [2.75, 3.05) is 51.4 Å². The van der Waals surface area contributed by atoms with Gasteiger partial charge in [0.2, 0.25) is 0 Å². The molecule has 8 heteroatoms. The number of carbonyl (C=O) groups excluding carboxylic acids is 1. The zero-order chi connectivity index (χ0) is 19.2. The third kappa shape index (κ3) is 4.64. The SMILES string of the molecule is COCCN1CCCN(C(=O)C2=NN(c3ccccc3)C(C(=O)O)C2)CC1. The van der Waals surface area contributed by atoms with Gasteiger partial charge in [-0.2, -0.15) is 5.10 Å². The smallest absolute Gasteiger partial charge is 0.328 e. The maximum atomic E-state index is 13.0. The zero-order valence-corrected chi connectivity index (χ0v) is 15.6. The Balaban J connectivity index is 1.70. The number of carboxylic acids is 1. The van der Waals surface area contributed by atoms with Gasteiger partial charge in [0.25, 0.3) is 5.91 Å². The molecule has 2 aliphatic rings. The molecule has 0 spiro atoms. The number of rotatable bonds is 6. The molecule has 1 amide bonds. The number of aliphatic carboxylic acids is 1. The van der Waals surface area contributed by atoms with E-state index in [0.717, 1.165) is 26.1 Å². The third-order valence-corrected chi connectivity index (χ3v) is 4.95. The molecule has 8 nitrogen and oxygen atoms in total. The van der Waals surface area contributed by atoms with Crippen molar-refractivity contribution in [3.05, 3.63) is 30.3 Å². The minimum Gasteiger partial charge on any atom is -0.480 e. The Morgan fingerprint density at radius 2 is 1.96 bits per heavy atom. The normalized spacial score (nSPS) is 21.1. The van der Waals surface area contributed by atoms with Crippen LogP contribution in [-0.4, -0.2) is 85.0 Å². The summed E-state index contributed by atoms with van der Waals surface area (Å²) in [7, 11) is 1.68. The van der Waals surface area contributed by atoms with Crippen LogP contribution in [0.2, 0.25) is 0 Å². The first-order valence-electron chi connectivity index (χ1n) is 9.25. The van der Waals surface area contributed by atoms with Crippen LogP contribution in [0.25, 0.3) is 0 Å².